The number of anilines is 1. The molecule has 1 aliphatic rings. The van der Waals surface area contributed by atoms with Gasteiger partial charge in [-0.3, -0.25) is 0 Å². The molecule has 82 valence electrons. The molecule has 1 unspecified atom stereocenters. The molecule has 0 bridgehead atoms. The van der Waals surface area contributed by atoms with Crippen molar-refractivity contribution >= 4 is 21.6 Å². The van der Waals surface area contributed by atoms with Crippen molar-refractivity contribution in [3.8, 4) is 0 Å². The van der Waals surface area contributed by atoms with E-state index in [1.165, 1.54) is 18.5 Å². The molecule has 0 aromatic heterocycles. The van der Waals surface area contributed by atoms with Crippen molar-refractivity contribution < 1.29 is 4.74 Å². The Morgan fingerprint density at radius 3 is 3.13 bits per heavy atom. The van der Waals surface area contributed by atoms with Gasteiger partial charge in [0.15, 0.2) is 0 Å². The molecule has 1 saturated heterocycles. The molecule has 1 atom stereocenters. The fourth-order valence-corrected chi connectivity index (χ4v) is 2.58. The molecule has 0 N–H and O–H groups in total. The van der Waals surface area contributed by atoms with Gasteiger partial charge in [0, 0.05) is 23.8 Å². The maximum Gasteiger partial charge on any atom is 0.0666 e. The predicted octanol–water partition coefficient (Wildman–Crippen LogP) is 3.06. The summed E-state index contributed by atoms with van der Waals surface area (Å²) in [5.74, 6) is 0. The Morgan fingerprint density at radius 2 is 2.40 bits per heavy atom. The van der Waals surface area contributed by atoms with Crippen LogP contribution in [0.5, 0.6) is 0 Å². The molecule has 0 spiro atoms. The van der Waals surface area contributed by atoms with Crippen LogP contribution in [0.3, 0.4) is 0 Å². The van der Waals surface area contributed by atoms with E-state index in [0.29, 0.717) is 6.04 Å². The van der Waals surface area contributed by atoms with E-state index in [1.807, 2.05) is 0 Å². The second-order valence-corrected chi connectivity index (χ2v) is 4.84. The third kappa shape index (κ3) is 2.52. The Morgan fingerprint density at radius 1 is 1.53 bits per heavy atom. The van der Waals surface area contributed by atoms with E-state index < -0.39 is 0 Å². The highest BCUT2D eigenvalue weighted by atomic mass is 79.9. The summed E-state index contributed by atoms with van der Waals surface area (Å²) in [7, 11) is 1.78. The topological polar surface area (TPSA) is 12.5 Å². The van der Waals surface area contributed by atoms with Crippen molar-refractivity contribution in [2.75, 3.05) is 25.2 Å². The summed E-state index contributed by atoms with van der Waals surface area (Å²) in [4.78, 5) is 2.44. The quantitative estimate of drug-likeness (QED) is 0.837. The number of hydrogen-bond donors (Lipinski definition) is 0. The molecular weight excluding hydrogens is 254 g/mol. The number of halogens is 1. The number of hydrogen-bond acceptors (Lipinski definition) is 2. The van der Waals surface area contributed by atoms with Crippen molar-refractivity contribution in [1.29, 1.82) is 0 Å². The van der Waals surface area contributed by atoms with E-state index in [-0.39, 0.29) is 0 Å². The smallest absolute Gasteiger partial charge is 0.0666 e. The van der Waals surface area contributed by atoms with Crippen LogP contribution < -0.4 is 4.90 Å². The van der Waals surface area contributed by atoms with Gasteiger partial charge in [0.2, 0.25) is 0 Å². The molecule has 0 amide bonds. The summed E-state index contributed by atoms with van der Waals surface area (Å²) in [6.07, 6.45) is 2.50. The maximum absolute atomic E-state index is 5.25. The highest BCUT2D eigenvalue weighted by molar-refractivity contribution is 9.10. The standard InChI is InChI=1S/C12H16BrNO/c1-15-9-12-6-3-7-14(12)11-5-2-4-10(13)8-11/h2,4-5,8,12H,3,6-7,9H2,1H3. The van der Waals surface area contributed by atoms with E-state index >= 15 is 0 Å². The lowest BCUT2D eigenvalue weighted by Gasteiger charge is -2.26. The summed E-state index contributed by atoms with van der Waals surface area (Å²) in [5.41, 5.74) is 1.30. The zero-order valence-electron chi connectivity index (χ0n) is 8.95. The summed E-state index contributed by atoms with van der Waals surface area (Å²) in [5, 5.41) is 0. The van der Waals surface area contributed by atoms with Crippen LogP contribution in [0.25, 0.3) is 0 Å². The van der Waals surface area contributed by atoms with Gasteiger partial charge in [-0.25, -0.2) is 0 Å². The average molecular weight is 270 g/mol. The molecule has 3 heteroatoms. The second-order valence-electron chi connectivity index (χ2n) is 3.92. The SMILES string of the molecule is COCC1CCCN1c1cccc(Br)c1. The Balaban J connectivity index is 2.15. The molecule has 1 aromatic rings. The van der Waals surface area contributed by atoms with Crippen LogP contribution in [-0.2, 0) is 4.74 Å². The minimum absolute atomic E-state index is 0.546. The molecule has 1 fully saturated rings. The minimum atomic E-state index is 0.546. The maximum atomic E-state index is 5.25. The van der Waals surface area contributed by atoms with Crippen molar-refractivity contribution in [3.05, 3.63) is 28.7 Å². The molecule has 2 rings (SSSR count). The summed E-state index contributed by atoms with van der Waals surface area (Å²) < 4.78 is 6.40. The normalized spacial score (nSPS) is 20.9. The van der Waals surface area contributed by atoms with Gasteiger partial charge in [-0.1, -0.05) is 22.0 Å². The Bertz CT molecular complexity index is 329. The third-order valence-corrected chi connectivity index (χ3v) is 3.37. The number of nitrogens with zero attached hydrogens (tertiary/aromatic N) is 1. The molecule has 0 radical (unpaired) electrons. The lowest BCUT2D eigenvalue weighted by atomic mass is 10.2. The number of ether oxygens (including phenoxy) is 1. The molecule has 1 aliphatic heterocycles. The molecule has 0 saturated carbocycles. The van der Waals surface area contributed by atoms with Gasteiger partial charge in [0.25, 0.3) is 0 Å². The van der Waals surface area contributed by atoms with E-state index in [4.69, 9.17) is 4.74 Å². The minimum Gasteiger partial charge on any atom is -0.383 e. The average Bonchev–Trinajstić information content (AvgIpc) is 2.66. The van der Waals surface area contributed by atoms with Crippen LogP contribution in [0.2, 0.25) is 0 Å². The van der Waals surface area contributed by atoms with E-state index in [2.05, 4.69) is 45.1 Å². The van der Waals surface area contributed by atoms with Crippen LogP contribution in [-0.4, -0.2) is 26.3 Å². The number of benzene rings is 1. The van der Waals surface area contributed by atoms with Crippen LogP contribution >= 0.6 is 15.9 Å². The molecular formula is C12H16BrNO. The first kappa shape index (κ1) is 11.0. The molecule has 0 aliphatic carbocycles. The molecule has 1 aromatic carbocycles. The first-order chi connectivity index (χ1) is 7.31. The van der Waals surface area contributed by atoms with Crippen LogP contribution in [0.1, 0.15) is 12.8 Å². The monoisotopic (exact) mass is 269 g/mol. The first-order valence-electron chi connectivity index (χ1n) is 5.32. The predicted molar refractivity (Wildman–Crippen MR) is 66.4 cm³/mol. The zero-order chi connectivity index (χ0) is 10.7. The highest BCUT2D eigenvalue weighted by Crippen LogP contribution is 2.27. The molecule has 15 heavy (non-hydrogen) atoms. The van der Waals surface area contributed by atoms with Crippen molar-refractivity contribution in [1.82, 2.24) is 0 Å². The van der Waals surface area contributed by atoms with Gasteiger partial charge in [-0.2, -0.15) is 0 Å². The Labute approximate surface area is 99.4 Å². The summed E-state index contributed by atoms with van der Waals surface area (Å²) in [6.45, 7) is 1.97. The summed E-state index contributed by atoms with van der Waals surface area (Å²) >= 11 is 3.51. The van der Waals surface area contributed by atoms with E-state index in [0.717, 1.165) is 17.6 Å². The van der Waals surface area contributed by atoms with Crippen molar-refractivity contribution in [2.45, 2.75) is 18.9 Å². The van der Waals surface area contributed by atoms with Gasteiger partial charge in [-0.15, -0.1) is 0 Å². The first-order valence-corrected chi connectivity index (χ1v) is 6.11. The zero-order valence-corrected chi connectivity index (χ0v) is 10.5. The van der Waals surface area contributed by atoms with Gasteiger partial charge >= 0.3 is 0 Å². The highest BCUT2D eigenvalue weighted by Gasteiger charge is 2.24. The molecule has 2 nitrogen and oxygen atoms in total. The van der Waals surface area contributed by atoms with Gasteiger partial charge < -0.3 is 9.64 Å². The van der Waals surface area contributed by atoms with Gasteiger partial charge in [0.05, 0.1) is 12.6 Å². The van der Waals surface area contributed by atoms with Crippen molar-refractivity contribution in [3.63, 3.8) is 0 Å². The lowest BCUT2D eigenvalue weighted by Crippen LogP contribution is -2.32. The Kier molecular flexibility index (Phi) is 3.65. The van der Waals surface area contributed by atoms with Gasteiger partial charge in [0.1, 0.15) is 0 Å². The van der Waals surface area contributed by atoms with Crippen LogP contribution in [0.15, 0.2) is 28.7 Å². The Hall–Kier alpha value is -0.540. The second kappa shape index (κ2) is 4.99. The van der Waals surface area contributed by atoms with Gasteiger partial charge in [-0.05, 0) is 31.0 Å². The molecule has 1 heterocycles. The lowest BCUT2D eigenvalue weighted by molar-refractivity contribution is 0.181. The number of methoxy groups -OCH3 is 1. The third-order valence-electron chi connectivity index (χ3n) is 2.88. The van der Waals surface area contributed by atoms with Crippen molar-refractivity contribution in [2.24, 2.45) is 0 Å². The summed E-state index contributed by atoms with van der Waals surface area (Å²) in [6, 6.07) is 9.03. The number of rotatable bonds is 3. The van der Waals surface area contributed by atoms with E-state index in [9.17, 15) is 0 Å². The fourth-order valence-electron chi connectivity index (χ4n) is 2.20. The van der Waals surface area contributed by atoms with E-state index in [1.54, 1.807) is 7.11 Å². The largest absolute Gasteiger partial charge is 0.383 e. The fraction of sp³-hybridized carbons (Fsp3) is 0.500. The van der Waals surface area contributed by atoms with Crippen LogP contribution in [0, 0.1) is 0 Å². The van der Waals surface area contributed by atoms with Crippen LogP contribution in [0.4, 0.5) is 5.69 Å².